The van der Waals surface area contributed by atoms with Crippen molar-refractivity contribution >= 4 is 26.7 Å². The second kappa shape index (κ2) is 8.44. The third kappa shape index (κ3) is 5.09. The molecule has 0 atom stereocenters. The van der Waals surface area contributed by atoms with Crippen molar-refractivity contribution < 1.29 is 8.42 Å². The fraction of sp³-hybridized carbons (Fsp3) is 0.333. The van der Waals surface area contributed by atoms with Gasteiger partial charge < -0.3 is 4.90 Å². The fourth-order valence-corrected chi connectivity index (χ4v) is 4.03. The summed E-state index contributed by atoms with van der Waals surface area (Å²) in [6.45, 7) is 4.50. The van der Waals surface area contributed by atoms with Gasteiger partial charge in [0, 0.05) is 51.0 Å². The Kier molecular flexibility index (Phi) is 5.75. The summed E-state index contributed by atoms with van der Waals surface area (Å²) < 4.78 is 24.9. The Morgan fingerprint density at radius 1 is 1.00 bits per heavy atom. The van der Waals surface area contributed by atoms with E-state index in [9.17, 15) is 8.42 Å². The van der Waals surface area contributed by atoms with Crippen molar-refractivity contribution in [1.82, 2.24) is 19.6 Å². The van der Waals surface area contributed by atoms with Gasteiger partial charge in [0.2, 0.25) is 16.0 Å². The van der Waals surface area contributed by atoms with Crippen molar-refractivity contribution in [3.8, 4) is 11.3 Å². The molecule has 1 aliphatic heterocycles. The van der Waals surface area contributed by atoms with E-state index in [1.165, 1.54) is 17.0 Å². The van der Waals surface area contributed by atoms with Crippen molar-refractivity contribution in [1.29, 1.82) is 0 Å². The first kappa shape index (κ1) is 19.8. The summed E-state index contributed by atoms with van der Waals surface area (Å²) in [4.78, 5) is 13.7. The molecule has 4 rings (SSSR count). The summed E-state index contributed by atoms with van der Waals surface area (Å²) in [7, 11) is -3.13. The van der Waals surface area contributed by atoms with Crippen molar-refractivity contribution in [3.05, 3.63) is 54.7 Å². The average molecular weight is 412 g/mol. The van der Waals surface area contributed by atoms with E-state index in [0.29, 0.717) is 13.1 Å². The Balaban J connectivity index is 1.41. The number of benzene rings is 2. The smallest absolute Gasteiger partial charge is 0.225 e. The van der Waals surface area contributed by atoms with Crippen LogP contribution in [0.2, 0.25) is 0 Å². The number of hydrogen-bond donors (Lipinski definition) is 1. The van der Waals surface area contributed by atoms with Gasteiger partial charge in [-0.05, 0) is 22.9 Å². The molecule has 8 heteroatoms. The van der Waals surface area contributed by atoms with Crippen molar-refractivity contribution in [2.75, 3.05) is 50.4 Å². The fourth-order valence-electron chi connectivity index (χ4n) is 3.57. The van der Waals surface area contributed by atoms with Crippen LogP contribution in [-0.2, 0) is 10.0 Å². The number of sulfonamides is 1. The van der Waals surface area contributed by atoms with Crippen LogP contribution in [0.25, 0.3) is 22.0 Å². The number of hydrogen-bond acceptors (Lipinski definition) is 6. The number of anilines is 1. The van der Waals surface area contributed by atoms with Gasteiger partial charge in [-0.25, -0.2) is 23.1 Å². The zero-order valence-electron chi connectivity index (χ0n) is 16.5. The summed E-state index contributed by atoms with van der Waals surface area (Å²) in [5.41, 5.74) is 2.00. The van der Waals surface area contributed by atoms with Crippen LogP contribution < -0.4 is 9.62 Å². The second-order valence-corrected chi connectivity index (χ2v) is 9.13. The first-order valence-corrected chi connectivity index (χ1v) is 11.6. The van der Waals surface area contributed by atoms with Gasteiger partial charge in [-0.1, -0.05) is 36.4 Å². The molecular weight excluding hydrogens is 386 g/mol. The normalized spacial score (nSPS) is 15.7. The van der Waals surface area contributed by atoms with E-state index in [1.54, 1.807) is 0 Å². The standard InChI is InChI=1S/C21H25N5O2S/c1-29(27,28)23-10-11-25-12-14-26(15-13-25)21-22-9-8-20(24-21)19-7-6-17-4-2-3-5-18(17)16-19/h2-9,16,23H,10-15H2,1H3. The number of nitrogens with one attached hydrogen (secondary N) is 1. The third-order valence-electron chi connectivity index (χ3n) is 5.14. The highest BCUT2D eigenvalue weighted by atomic mass is 32.2. The van der Waals surface area contributed by atoms with Gasteiger partial charge in [-0.3, -0.25) is 4.90 Å². The lowest BCUT2D eigenvalue weighted by Crippen LogP contribution is -2.48. The first-order chi connectivity index (χ1) is 14.0. The highest BCUT2D eigenvalue weighted by Gasteiger charge is 2.19. The van der Waals surface area contributed by atoms with Crippen LogP contribution in [-0.4, -0.2) is 68.8 Å². The molecule has 3 aromatic rings. The largest absolute Gasteiger partial charge is 0.338 e. The van der Waals surface area contributed by atoms with E-state index < -0.39 is 10.0 Å². The average Bonchev–Trinajstić information content (AvgIpc) is 2.73. The maximum atomic E-state index is 11.2. The lowest BCUT2D eigenvalue weighted by Gasteiger charge is -2.34. The van der Waals surface area contributed by atoms with E-state index in [2.05, 4.69) is 49.8 Å². The molecule has 1 fully saturated rings. The Bertz CT molecular complexity index is 1090. The Hall–Kier alpha value is -2.55. The predicted octanol–water partition coefficient (Wildman–Crippen LogP) is 1.97. The second-order valence-electron chi connectivity index (χ2n) is 7.30. The quantitative estimate of drug-likeness (QED) is 0.668. The summed E-state index contributed by atoms with van der Waals surface area (Å²) in [6.07, 6.45) is 3.00. The Morgan fingerprint density at radius 3 is 2.52 bits per heavy atom. The third-order valence-corrected chi connectivity index (χ3v) is 5.86. The molecule has 0 radical (unpaired) electrons. The number of aromatic nitrogens is 2. The molecule has 7 nitrogen and oxygen atoms in total. The molecule has 1 aliphatic rings. The van der Waals surface area contributed by atoms with Crippen molar-refractivity contribution in [3.63, 3.8) is 0 Å². The highest BCUT2D eigenvalue weighted by molar-refractivity contribution is 7.88. The van der Waals surface area contributed by atoms with E-state index in [0.717, 1.165) is 43.4 Å². The van der Waals surface area contributed by atoms with E-state index >= 15 is 0 Å². The number of rotatable bonds is 6. The first-order valence-electron chi connectivity index (χ1n) is 9.72. The number of nitrogens with zero attached hydrogens (tertiary/aromatic N) is 4. The minimum absolute atomic E-state index is 0.437. The molecule has 2 heterocycles. The molecule has 0 aliphatic carbocycles. The van der Waals surface area contributed by atoms with Gasteiger partial charge in [0.1, 0.15) is 0 Å². The minimum Gasteiger partial charge on any atom is -0.338 e. The lowest BCUT2D eigenvalue weighted by atomic mass is 10.1. The van der Waals surface area contributed by atoms with Gasteiger partial charge in [0.25, 0.3) is 0 Å². The van der Waals surface area contributed by atoms with Gasteiger partial charge in [0.05, 0.1) is 11.9 Å². The zero-order valence-corrected chi connectivity index (χ0v) is 17.3. The summed E-state index contributed by atoms with van der Waals surface area (Å²) >= 11 is 0. The van der Waals surface area contributed by atoms with Crippen LogP contribution in [0.5, 0.6) is 0 Å². The summed E-state index contributed by atoms with van der Waals surface area (Å²) in [6, 6.07) is 16.6. The van der Waals surface area contributed by atoms with Crippen molar-refractivity contribution in [2.45, 2.75) is 0 Å². The maximum absolute atomic E-state index is 11.2. The molecule has 1 N–H and O–H groups in total. The molecule has 0 unspecified atom stereocenters. The molecule has 2 aromatic carbocycles. The molecule has 1 saturated heterocycles. The van der Waals surface area contributed by atoms with E-state index in [4.69, 9.17) is 4.98 Å². The summed E-state index contributed by atoms with van der Waals surface area (Å²) in [5, 5.41) is 2.41. The molecule has 0 spiro atoms. The van der Waals surface area contributed by atoms with Gasteiger partial charge in [-0.15, -0.1) is 0 Å². The number of piperazine rings is 1. The summed E-state index contributed by atoms with van der Waals surface area (Å²) in [5.74, 6) is 0.740. The van der Waals surface area contributed by atoms with Crippen LogP contribution in [0.15, 0.2) is 54.7 Å². The molecule has 0 saturated carbocycles. The minimum atomic E-state index is -3.13. The Labute approximate surface area is 171 Å². The SMILES string of the molecule is CS(=O)(=O)NCCN1CCN(c2nccc(-c3ccc4ccccc4c3)n2)CC1. The molecule has 1 aromatic heterocycles. The zero-order chi connectivity index (χ0) is 20.3. The maximum Gasteiger partial charge on any atom is 0.225 e. The molecule has 152 valence electrons. The lowest BCUT2D eigenvalue weighted by molar-refractivity contribution is 0.261. The van der Waals surface area contributed by atoms with Crippen molar-refractivity contribution in [2.24, 2.45) is 0 Å². The van der Waals surface area contributed by atoms with Gasteiger partial charge in [0.15, 0.2) is 0 Å². The van der Waals surface area contributed by atoms with E-state index in [1.807, 2.05) is 24.4 Å². The Morgan fingerprint density at radius 2 is 1.76 bits per heavy atom. The predicted molar refractivity (Wildman–Crippen MR) is 116 cm³/mol. The van der Waals surface area contributed by atoms with Crippen LogP contribution in [0.4, 0.5) is 5.95 Å². The van der Waals surface area contributed by atoms with Gasteiger partial charge >= 0.3 is 0 Å². The topological polar surface area (TPSA) is 78.4 Å². The highest BCUT2D eigenvalue weighted by Crippen LogP contribution is 2.24. The van der Waals surface area contributed by atoms with E-state index in [-0.39, 0.29) is 0 Å². The molecular formula is C21H25N5O2S. The molecule has 0 bridgehead atoms. The van der Waals surface area contributed by atoms with Crippen LogP contribution in [0.1, 0.15) is 0 Å². The van der Waals surface area contributed by atoms with Gasteiger partial charge in [-0.2, -0.15) is 0 Å². The monoisotopic (exact) mass is 411 g/mol. The molecule has 0 amide bonds. The molecule has 29 heavy (non-hydrogen) atoms. The van der Waals surface area contributed by atoms with Crippen LogP contribution in [0.3, 0.4) is 0 Å². The number of fused-ring (bicyclic) bond motifs is 1. The van der Waals surface area contributed by atoms with Crippen LogP contribution >= 0.6 is 0 Å². The van der Waals surface area contributed by atoms with Crippen LogP contribution in [0, 0.1) is 0 Å².